The Morgan fingerprint density at radius 3 is 2.65 bits per heavy atom. The molecule has 0 heterocycles. The second-order valence-corrected chi connectivity index (χ2v) is 5.20. The first kappa shape index (κ1) is 13.5. The van der Waals surface area contributed by atoms with Crippen molar-refractivity contribution in [2.45, 2.75) is 26.4 Å². The molecule has 17 heavy (non-hydrogen) atoms. The van der Waals surface area contributed by atoms with Crippen molar-refractivity contribution in [3.05, 3.63) is 28.2 Å². The minimum Gasteiger partial charge on any atom is -0.444 e. The Kier molecular flexibility index (Phi) is 4.13. The zero-order valence-electron chi connectivity index (χ0n) is 9.87. The van der Waals surface area contributed by atoms with Gasteiger partial charge in [-0.3, -0.25) is 5.32 Å². The fourth-order valence-electron chi connectivity index (χ4n) is 1.13. The van der Waals surface area contributed by atoms with E-state index in [1.807, 2.05) is 6.07 Å². The zero-order chi connectivity index (χ0) is 13.1. The van der Waals surface area contributed by atoms with Gasteiger partial charge in [0.05, 0.1) is 15.7 Å². The maximum Gasteiger partial charge on any atom is 0.412 e. The number of hydrogen-bond donors (Lipinski definition) is 1. The number of nitriles is 1. The predicted octanol–water partition coefficient (Wildman–Crippen LogP) is 3.67. The van der Waals surface area contributed by atoms with Crippen LogP contribution in [0.1, 0.15) is 26.3 Å². The van der Waals surface area contributed by atoms with E-state index in [1.54, 1.807) is 39.0 Å². The molecule has 1 rings (SSSR count). The summed E-state index contributed by atoms with van der Waals surface area (Å²) in [5.41, 5.74) is 0.417. The van der Waals surface area contributed by atoms with Gasteiger partial charge in [-0.1, -0.05) is 6.07 Å². The van der Waals surface area contributed by atoms with Crippen LogP contribution in [-0.4, -0.2) is 11.7 Å². The van der Waals surface area contributed by atoms with E-state index < -0.39 is 11.7 Å². The number of anilines is 1. The van der Waals surface area contributed by atoms with Crippen molar-refractivity contribution in [3.8, 4) is 6.07 Å². The number of amides is 1. The van der Waals surface area contributed by atoms with Crippen molar-refractivity contribution >= 4 is 27.7 Å². The summed E-state index contributed by atoms with van der Waals surface area (Å²) in [5.74, 6) is 0. The van der Waals surface area contributed by atoms with Crippen molar-refractivity contribution < 1.29 is 9.53 Å². The van der Waals surface area contributed by atoms with Crippen LogP contribution >= 0.6 is 15.9 Å². The van der Waals surface area contributed by atoms with Crippen molar-refractivity contribution in [2.75, 3.05) is 5.32 Å². The Bertz CT molecular complexity index is 472. The molecule has 1 aromatic rings. The summed E-state index contributed by atoms with van der Waals surface area (Å²) in [7, 11) is 0. The molecule has 0 bridgehead atoms. The molecule has 0 aliphatic carbocycles. The molecule has 4 nitrogen and oxygen atoms in total. The molecule has 0 aliphatic rings. The fraction of sp³-hybridized carbons (Fsp3) is 0.333. The summed E-state index contributed by atoms with van der Waals surface area (Å²) in [6, 6.07) is 7.06. The van der Waals surface area contributed by atoms with Crippen molar-refractivity contribution in [1.29, 1.82) is 5.26 Å². The van der Waals surface area contributed by atoms with Gasteiger partial charge in [0.25, 0.3) is 0 Å². The summed E-state index contributed by atoms with van der Waals surface area (Å²) in [6.45, 7) is 5.36. The first-order valence-electron chi connectivity index (χ1n) is 5.02. The molecule has 0 fully saturated rings. The SMILES string of the molecule is CC(C)(C)OC(=O)Nc1cccc(C#N)c1Br. The summed E-state index contributed by atoms with van der Waals surface area (Å²) in [5, 5.41) is 11.4. The lowest BCUT2D eigenvalue weighted by Crippen LogP contribution is -2.27. The lowest BCUT2D eigenvalue weighted by Gasteiger charge is -2.20. The molecule has 1 N–H and O–H groups in total. The van der Waals surface area contributed by atoms with Crippen LogP contribution in [0.5, 0.6) is 0 Å². The van der Waals surface area contributed by atoms with Crippen molar-refractivity contribution in [1.82, 2.24) is 0 Å². The summed E-state index contributed by atoms with van der Waals surface area (Å²) in [4.78, 5) is 11.5. The van der Waals surface area contributed by atoms with E-state index in [9.17, 15) is 4.79 Å². The molecule has 5 heteroatoms. The maximum absolute atomic E-state index is 11.5. The van der Waals surface area contributed by atoms with Crippen LogP contribution in [0.4, 0.5) is 10.5 Å². The number of nitrogens with one attached hydrogen (secondary N) is 1. The van der Waals surface area contributed by atoms with Gasteiger partial charge in [-0.05, 0) is 48.8 Å². The quantitative estimate of drug-likeness (QED) is 0.860. The van der Waals surface area contributed by atoms with Crippen LogP contribution in [0, 0.1) is 11.3 Å². The monoisotopic (exact) mass is 296 g/mol. The smallest absolute Gasteiger partial charge is 0.412 e. The number of rotatable bonds is 1. The second-order valence-electron chi connectivity index (χ2n) is 4.41. The lowest BCUT2D eigenvalue weighted by molar-refractivity contribution is 0.0636. The molecular formula is C12H13BrN2O2. The van der Waals surface area contributed by atoms with E-state index in [4.69, 9.17) is 10.00 Å². The Morgan fingerprint density at radius 1 is 1.47 bits per heavy atom. The maximum atomic E-state index is 11.5. The van der Waals surface area contributed by atoms with Gasteiger partial charge in [0.15, 0.2) is 0 Å². The lowest BCUT2D eigenvalue weighted by atomic mass is 10.2. The van der Waals surface area contributed by atoms with Crippen LogP contribution in [0.2, 0.25) is 0 Å². The topological polar surface area (TPSA) is 62.1 Å². The second kappa shape index (κ2) is 5.19. The molecule has 0 aromatic heterocycles. The molecule has 1 amide bonds. The molecular weight excluding hydrogens is 284 g/mol. The van der Waals surface area contributed by atoms with Gasteiger partial charge in [0, 0.05) is 0 Å². The Labute approximate surface area is 109 Å². The number of halogens is 1. The standard InChI is InChI=1S/C12H13BrN2O2/c1-12(2,3)17-11(16)15-9-6-4-5-8(7-14)10(9)13/h4-6H,1-3H3,(H,15,16). The number of carbonyl (C=O) groups excluding carboxylic acids is 1. The summed E-state index contributed by atoms with van der Waals surface area (Å²) in [6.07, 6.45) is -0.548. The van der Waals surface area contributed by atoms with E-state index in [2.05, 4.69) is 21.2 Å². The molecule has 0 atom stereocenters. The van der Waals surface area contributed by atoms with E-state index in [0.29, 0.717) is 15.7 Å². The van der Waals surface area contributed by atoms with E-state index >= 15 is 0 Å². The van der Waals surface area contributed by atoms with Gasteiger partial charge < -0.3 is 4.74 Å². The van der Waals surface area contributed by atoms with Crippen molar-refractivity contribution in [3.63, 3.8) is 0 Å². The zero-order valence-corrected chi connectivity index (χ0v) is 11.5. The van der Waals surface area contributed by atoms with Crippen LogP contribution < -0.4 is 5.32 Å². The highest BCUT2D eigenvalue weighted by Gasteiger charge is 2.17. The summed E-state index contributed by atoms with van der Waals surface area (Å²) < 4.78 is 5.67. The predicted molar refractivity (Wildman–Crippen MR) is 68.7 cm³/mol. The first-order chi connectivity index (χ1) is 7.83. The van der Waals surface area contributed by atoms with Gasteiger partial charge in [-0.25, -0.2) is 4.79 Å². The largest absolute Gasteiger partial charge is 0.444 e. The van der Waals surface area contributed by atoms with Gasteiger partial charge in [-0.2, -0.15) is 5.26 Å². The molecule has 0 spiro atoms. The third-order valence-corrected chi connectivity index (χ3v) is 2.61. The van der Waals surface area contributed by atoms with E-state index in [0.717, 1.165) is 0 Å². The average Bonchev–Trinajstić information content (AvgIpc) is 2.18. The third kappa shape index (κ3) is 4.08. The molecule has 0 aliphatic heterocycles. The Balaban J connectivity index is 2.83. The fourth-order valence-corrected chi connectivity index (χ4v) is 1.58. The van der Waals surface area contributed by atoms with Gasteiger partial charge in [-0.15, -0.1) is 0 Å². The first-order valence-corrected chi connectivity index (χ1v) is 5.81. The van der Waals surface area contributed by atoms with Crippen molar-refractivity contribution in [2.24, 2.45) is 0 Å². The number of ether oxygens (including phenoxy) is 1. The highest BCUT2D eigenvalue weighted by molar-refractivity contribution is 9.10. The molecule has 1 aromatic carbocycles. The number of nitrogens with zero attached hydrogens (tertiary/aromatic N) is 1. The molecule has 0 saturated carbocycles. The average molecular weight is 297 g/mol. The number of benzene rings is 1. The Hall–Kier alpha value is -1.54. The van der Waals surface area contributed by atoms with Gasteiger partial charge >= 0.3 is 6.09 Å². The molecule has 90 valence electrons. The van der Waals surface area contributed by atoms with E-state index in [1.165, 1.54) is 0 Å². The van der Waals surface area contributed by atoms with Gasteiger partial charge in [0.2, 0.25) is 0 Å². The molecule has 0 saturated heterocycles. The minimum absolute atomic E-state index is 0.457. The van der Waals surface area contributed by atoms with Crippen LogP contribution in [-0.2, 0) is 4.74 Å². The number of carbonyl (C=O) groups is 1. The van der Waals surface area contributed by atoms with Crippen LogP contribution in [0.3, 0.4) is 0 Å². The third-order valence-electron chi connectivity index (χ3n) is 1.75. The highest BCUT2D eigenvalue weighted by Crippen LogP contribution is 2.26. The minimum atomic E-state index is -0.552. The van der Waals surface area contributed by atoms with E-state index in [-0.39, 0.29) is 0 Å². The van der Waals surface area contributed by atoms with Gasteiger partial charge in [0.1, 0.15) is 11.7 Å². The van der Waals surface area contributed by atoms with Crippen LogP contribution in [0.15, 0.2) is 22.7 Å². The normalized spacial score (nSPS) is 10.5. The Morgan fingerprint density at radius 2 is 2.12 bits per heavy atom. The number of hydrogen-bond acceptors (Lipinski definition) is 3. The van der Waals surface area contributed by atoms with Crippen LogP contribution in [0.25, 0.3) is 0 Å². The highest BCUT2D eigenvalue weighted by atomic mass is 79.9. The molecule has 0 unspecified atom stereocenters. The summed E-state index contributed by atoms with van der Waals surface area (Å²) >= 11 is 3.26. The molecule has 0 radical (unpaired) electrons.